The predicted molar refractivity (Wildman–Crippen MR) is 74.3 cm³/mol. The first kappa shape index (κ1) is 13.1. The fourth-order valence-corrected chi connectivity index (χ4v) is 2.69. The SMILES string of the molecule is CC1CCCC1C(=O)Nc1ccc(CCN)cc1. The van der Waals surface area contributed by atoms with Crippen molar-refractivity contribution < 1.29 is 4.79 Å². The molecule has 0 aromatic heterocycles. The summed E-state index contributed by atoms with van der Waals surface area (Å²) in [5, 5.41) is 3.01. The van der Waals surface area contributed by atoms with E-state index in [1.165, 1.54) is 18.4 Å². The number of hydrogen-bond acceptors (Lipinski definition) is 2. The van der Waals surface area contributed by atoms with E-state index in [1.54, 1.807) is 0 Å². The van der Waals surface area contributed by atoms with Crippen LogP contribution in [-0.4, -0.2) is 12.5 Å². The Morgan fingerprint density at radius 1 is 1.33 bits per heavy atom. The van der Waals surface area contributed by atoms with Crippen LogP contribution in [0.1, 0.15) is 31.7 Å². The van der Waals surface area contributed by atoms with E-state index in [1.807, 2.05) is 24.3 Å². The molecule has 1 aliphatic rings. The Labute approximate surface area is 109 Å². The first-order valence-electron chi connectivity index (χ1n) is 6.80. The van der Waals surface area contributed by atoms with Gasteiger partial charge in [-0.15, -0.1) is 0 Å². The number of rotatable bonds is 4. The third-order valence-electron chi connectivity index (χ3n) is 3.85. The highest BCUT2D eigenvalue weighted by Crippen LogP contribution is 2.32. The van der Waals surface area contributed by atoms with Crippen molar-refractivity contribution >= 4 is 11.6 Å². The quantitative estimate of drug-likeness (QED) is 0.858. The van der Waals surface area contributed by atoms with Crippen LogP contribution in [0.2, 0.25) is 0 Å². The van der Waals surface area contributed by atoms with Crippen LogP contribution in [0.4, 0.5) is 5.69 Å². The topological polar surface area (TPSA) is 55.1 Å². The van der Waals surface area contributed by atoms with Gasteiger partial charge in [0, 0.05) is 11.6 Å². The summed E-state index contributed by atoms with van der Waals surface area (Å²) >= 11 is 0. The molecular formula is C15H22N2O. The molecule has 2 rings (SSSR count). The third-order valence-corrected chi connectivity index (χ3v) is 3.85. The molecule has 1 saturated carbocycles. The molecule has 1 amide bonds. The first-order chi connectivity index (χ1) is 8.70. The van der Waals surface area contributed by atoms with Crippen LogP contribution in [0.25, 0.3) is 0 Å². The molecule has 0 radical (unpaired) electrons. The van der Waals surface area contributed by atoms with Gasteiger partial charge < -0.3 is 11.1 Å². The summed E-state index contributed by atoms with van der Waals surface area (Å²) in [5.74, 6) is 0.877. The number of hydrogen-bond donors (Lipinski definition) is 2. The lowest BCUT2D eigenvalue weighted by Crippen LogP contribution is -2.24. The molecule has 1 aromatic rings. The molecule has 1 aliphatic carbocycles. The van der Waals surface area contributed by atoms with Crippen LogP contribution in [0.5, 0.6) is 0 Å². The second-order valence-corrected chi connectivity index (χ2v) is 5.24. The number of nitrogens with two attached hydrogens (primary N) is 1. The molecule has 0 aliphatic heterocycles. The highest BCUT2D eigenvalue weighted by molar-refractivity contribution is 5.92. The van der Waals surface area contributed by atoms with E-state index in [0.717, 1.165) is 18.5 Å². The van der Waals surface area contributed by atoms with Gasteiger partial charge in [0.05, 0.1) is 0 Å². The fraction of sp³-hybridized carbons (Fsp3) is 0.533. The lowest BCUT2D eigenvalue weighted by atomic mass is 9.97. The number of anilines is 1. The Hall–Kier alpha value is -1.35. The van der Waals surface area contributed by atoms with Gasteiger partial charge >= 0.3 is 0 Å². The lowest BCUT2D eigenvalue weighted by molar-refractivity contribution is -0.120. The molecule has 3 heteroatoms. The minimum atomic E-state index is 0.173. The fourth-order valence-electron chi connectivity index (χ4n) is 2.69. The predicted octanol–water partition coefficient (Wildman–Crippen LogP) is 2.56. The summed E-state index contributed by atoms with van der Waals surface area (Å²) in [6.07, 6.45) is 4.26. The van der Waals surface area contributed by atoms with Crippen LogP contribution >= 0.6 is 0 Å². The number of nitrogens with one attached hydrogen (secondary N) is 1. The highest BCUT2D eigenvalue weighted by atomic mass is 16.1. The Morgan fingerprint density at radius 3 is 2.61 bits per heavy atom. The van der Waals surface area contributed by atoms with E-state index < -0.39 is 0 Å². The maximum absolute atomic E-state index is 12.1. The van der Waals surface area contributed by atoms with Crippen molar-refractivity contribution in [2.75, 3.05) is 11.9 Å². The molecule has 0 spiro atoms. The molecule has 2 atom stereocenters. The van der Waals surface area contributed by atoms with Crippen LogP contribution in [0.3, 0.4) is 0 Å². The highest BCUT2D eigenvalue weighted by Gasteiger charge is 2.29. The zero-order valence-electron chi connectivity index (χ0n) is 11.0. The molecule has 3 nitrogen and oxygen atoms in total. The maximum atomic E-state index is 12.1. The summed E-state index contributed by atoms with van der Waals surface area (Å²) in [6.45, 7) is 2.83. The Morgan fingerprint density at radius 2 is 2.06 bits per heavy atom. The summed E-state index contributed by atoms with van der Waals surface area (Å²) < 4.78 is 0. The van der Waals surface area contributed by atoms with E-state index in [2.05, 4.69) is 12.2 Å². The number of carbonyl (C=O) groups excluding carboxylic acids is 1. The van der Waals surface area contributed by atoms with Gasteiger partial charge in [-0.1, -0.05) is 25.5 Å². The maximum Gasteiger partial charge on any atom is 0.227 e. The van der Waals surface area contributed by atoms with E-state index in [0.29, 0.717) is 12.5 Å². The van der Waals surface area contributed by atoms with Crippen molar-refractivity contribution in [1.29, 1.82) is 0 Å². The van der Waals surface area contributed by atoms with Gasteiger partial charge in [-0.2, -0.15) is 0 Å². The average Bonchev–Trinajstić information content (AvgIpc) is 2.78. The van der Waals surface area contributed by atoms with Crippen LogP contribution < -0.4 is 11.1 Å². The van der Waals surface area contributed by atoms with Crippen LogP contribution in [-0.2, 0) is 11.2 Å². The van der Waals surface area contributed by atoms with Crippen LogP contribution in [0.15, 0.2) is 24.3 Å². The molecule has 0 saturated heterocycles. The van der Waals surface area contributed by atoms with E-state index in [9.17, 15) is 4.79 Å². The molecule has 3 N–H and O–H groups in total. The molecule has 1 fully saturated rings. The molecule has 18 heavy (non-hydrogen) atoms. The van der Waals surface area contributed by atoms with Crippen molar-refractivity contribution in [2.45, 2.75) is 32.6 Å². The Bertz CT molecular complexity index is 399. The van der Waals surface area contributed by atoms with Gasteiger partial charge in [0.2, 0.25) is 5.91 Å². The van der Waals surface area contributed by atoms with Gasteiger partial charge in [-0.3, -0.25) is 4.79 Å². The van der Waals surface area contributed by atoms with Crippen molar-refractivity contribution in [3.8, 4) is 0 Å². The largest absolute Gasteiger partial charge is 0.330 e. The van der Waals surface area contributed by atoms with Gasteiger partial charge in [-0.05, 0) is 49.4 Å². The monoisotopic (exact) mass is 246 g/mol. The van der Waals surface area contributed by atoms with Gasteiger partial charge in [0.25, 0.3) is 0 Å². The van der Waals surface area contributed by atoms with E-state index in [4.69, 9.17) is 5.73 Å². The van der Waals surface area contributed by atoms with Crippen molar-refractivity contribution in [2.24, 2.45) is 17.6 Å². The zero-order chi connectivity index (χ0) is 13.0. The average molecular weight is 246 g/mol. The molecule has 0 heterocycles. The van der Waals surface area contributed by atoms with E-state index in [-0.39, 0.29) is 11.8 Å². The second-order valence-electron chi connectivity index (χ2n) is 5.24. The first-order valence-corrected chi connectivity index (χ1v) is 6.80. The van der Waals surface area contributed by atoms with Crippen LogP contribution in [0, 0.1) is 11.8 Å². The number of carbonyl (C=O) groups is 1. The van der Waals surface area contributed by atoms with Gasteiger partial charge in [0.15, 0.2) is 0 Å². The van der Waals surface area contributed by atoms with E-state index >= 15 is 0 Å². The minimum absolute atomic E-state index is 0.173. The standard InChI is InChI=1S/C15H22N2O/c1-11-3-2-4-14(11)15(18)17-13-7-5-12(6-8-13)9-10-16/h5-8,11,14H,2-4,9-10,16H2,1H3,(H,17,18). The normalized spacial score (nSPS) is 23.0. The minimum Gasteiger partial charge on any atom is -0.330 e. The summed E-state index contributed by atoms with van der Waals surface area (Å²) in [6, 6.07) is 7.98. The molecule has 0 bridgehead atoms. The van der Waals surface area contributed by atoms with Gasteiger partial charge in [0.1, 0.15) is 0 Å². The smallest absolute Gasteiger partial charge is 0.227 e. The van der Waals surface area contributed by atoms with Crippen molar-refractivity contribution in [1.82, 2.24) is 0 Å². The Balaban J connectivity index is 1.94. The van der Waals surface area contributed by atoms with Crippen molar-refractivity contribution in [3.05, 3.63) is 29.8 Å². The molecule has 98 valence electrons. The lowest BCUT2D eigenvalue weighted by Gasteiger charge is -2.15. The number of benzene rings is 1. The van der Waals surface area contributed by atoms with Crippen molar-refractivity contribution in [3.63, 3.8) is 0 Å². The molecule has 1 aromatic carbocycles. The number of amides is 1. The second kappa shape index (κ2) is 6.01. The molecule has 2 unspecified atom stereocenters. The summed E-state index contributed by atoms with van der Waals surface area (Å²) in [4.78, 5) is 12.1. The summed E-state index contributed by atoms with van der Waals surface area (Å²) in [5.41, 5.74) is 7.61. The Kier molecular flexibility index (Phi) is 4.37. The molecular weight excluding hydrogens is 224 g/mol. The van der Waals surface area contributed by atoms with Gasteiger partial charge in [-0.25, -0.2) is 0 Å². The summed E-state index contributed by atoms with van der Waals surface area (Å²) in [7, 11) is 0. The zero-order valence-corrected chi connectivity index (χ0v) is 11.0. The third kappa shape index (κ3) is 3.10.